The van der Waals surface area contributed by atoms with Crippen molar-refractivity contribution in [3.63, 3.8) is 0 Å². The average molecular weight is 281 g/mol. The summed E-state index contributed by atoms with van der Waals surface area (Å²) in [6.45, 7) is 5.63. The summed E-state index contributed by atoms with van der Waals surface area (Å²) in [6.07, 6.45) is 3.98. The first-order valence-corrected chi connectivity index (χ1v) is 7.47. The van der Waals surface area contributed by atoms with Crippen molar-refractivity contribution >= 4 is 17.4 Å². The Labute approximate surface area is 119 Å². The largest absolute Gasteiger partial charge is 0.384 e. The van der Waals surface area contributed by atoms with Crippen molar-refractivity contribution in [1.82, 2.24) is 14.8 Å². The summed E-state index contributed by atoms with van der Waals surface area (Å²) in [5.74, 6) is 0.551. The van der Waals surface area contributed by atoms with E-state index in [4.69, 9.17) is 17.3 Å². The number of pyridine rings is 1. The monoisotopic (exact) mass is 280 g/mol. The van der Waals surface area contributed by atoms with Gasteiger partial charge in [0, 0.05) is 25.7 Å². The lowest BCUT2D eigenvalue weighted by Gasteiger charge is -2.23. The molecule has 0 amide bonds. The molecule has 104 valence electrons. The van der Waals surface area contributed by atoms with Crippen molar-refractivity contribution in [2.24, 2.45) is 0 Å². The molecule has 1 atom stereocenters. The van der Waals surface area contributed by atoms with Crippen LogP contribution in [0.3, 0.4) is 0 Å². The van der Waals surface area contributed by atoms with Gasteiger partial charge in [-0.15, -0.1) is 0 Å². The van der Waals surface area contributed by atoms with E-state index in [2.05, 4.69) is 14.8 Å². The van der Waals surface area contributed by atoms with E-state index in [9.17, 15) is 0 Å². The van der Waals surface area contributed by atoms with Crippen LogP contribution in [0.1, 0.15) is 25.0 Å². The van der Waals surface area contributed by atoms with Crippen molar-refractivity contribution in [3.8, 4) is 0 Å². The van der Waals surface area contributed by atoms with Crippen molar-refractivity contribution in [3.05, 3.63) is 22.8 Å². The van der Waals surface area contributed by atoms with E-state index in [1.54, 1.807) is 6.07 Å². The zero-order valence-corrected chi connectivity index (χ0v) is 11.9. The van der Waals surface area contributed by atoms with Gasteiger partial charge in [-0.05, 0) is 44.5 Å². The zero-order valence-electron chi connectivity index (χ0n) is 11.2. The molecule has 0 aliphatic carbocycles. The van der Waals surface area contributed by atoms with Crippen LogP contribution in [0, 0.1) is 0 Å². The molecule has 0 aromatic carbocycles. The van der Waals surface area contributed by atoms with Crippen molar-refractivity contribution in [2.75, 3.05) is 31.9 Å². The molecule has 2 N–H and O–H groups in total. The SMILES string of the molecule is Nc1ccc(Cl)c(CN2CCC(N3CCCC3)C2)n1. The Balaban J connectivity index is 1.60. The third-order valence-corrected chi connectivity index (χ3v) is 4.56. The van der Waals surface area contributed by atoms with Gasteiger partial charge in [0.2, 0.25) is 0 Å². The van der Waals surface area contributed by atoms with Crippen LogP contribution in [0.4, 0.5) is 5.82 Å². The minimum atomic E-state index is 0.551. The molecule has 3 rings (SSSR count). The number of rotatable bonds is 3. The molecule has 0 radical (unpaired) electrons. The number of likely N-dealkylation sites (tertiary alicyclic amines) is 2. The van der Waals surface area contributed by atoms with E-state index < -0.39 is 0 Å². The number of hydrogen-bond donors (Lipinski definition) is 1. The van der Waals surface area contributed by atoms with Crippen molar-refractivity contribution in [1.29, 1.82) is 0 Å². The summed E-state index contributed by atoms with van der Waals surface area (Å²) in [5.41, 5.74) is 6.64. The Morgan fingerprint density at radius 1 is 1.26 bits per heavy atom. The van der Waals surface area contributed by atoms with Gasteiger partial charge in [0.1, 0.15) is 5.82 Å². The molecular weight excluding hydrogens is 260 g/mol. The van der Waals surface area contributed by atoms with E-state index in [0.29, 0.717) is 5.82 Å². The van der Waals surface area contributed by atoms with Gasteiger partial charge in [0.15, 0.2) is 0 Å². The summed E-state index contributed by atoms with van der Waals surface area (Å²) >= 11 is 6.18. The molecule has 4 nitrogen and oxygen atoms in total. The third-order valence-electron chi connectivity index (χ3n) is 4.22. The maximum Gasteiger partial charge on any atom is 0.123 e. The van der Waals surface area contributed by atoms with Gasteiger partial charge in [-0.25, -0.2) is 4.98 Å². The Hall–Kier alpha value is -0.840. The van der Waals surface area contributed by atoms with E-state index in [0.717, 1.165) is 36.4 Å². The van der Waals surface area contributed by atoms with E-state index in [1.165, 1.54) is 32.4 Å². The lowest BCUT2D eigenvalue weighted by atomic mass is 10.2. The quantitative estimate of drug-likeness (QED) is 0.920. The summed E-state index contributed by atoms with van der Waals surface area (Å²) in [5, 5.41) is 0.721. The molecule has 5 heteroatoms. The predicted molar refractivity (Wildman–Crippen MR) is 78.1 cm³/mol. The fourth-order valence-corrected chi connectivity index (χ4v) is 3.35. The van der Waals surface area contributed by atoms with Crippen molar-refractivity contribution in [2.45, 2.75) is 31.8 Å². The van der Waals surface area contributed by atoms with Gasteiger partial charge < -0.3 is 5.73 Å². The molecule has 2 fully saturated rings. The Bertz CT molecular complexity index is 445. The number of hydrogen-bond acceptors (Lipinski definition) is 4. The third kappa shape index (κ3) is 3.02. The summed E-state index contributed by atoms with van der Waals surface area (Å²) < 4.78 is 0. The van der Waals surface area contributed by atoms with Crippen molar-refractivity contribution < 1.29 is 0 Å². The average Bonchev–Trinajstić information content (AvgIpc) is 3.04. The minimum Gasteiger partial charge on any atom is -0.384 e. The number of aromatic nitrogens is 1. The van der Waals surface area contributed by atoms with Gasteiger partial charge in [0.05, 0.1) is 10.7 Å². The number of nitrogens with two attached hydrogens (primary N) is 1. The van der Waals surface area contributed by atoms with E-state index in [-0.39, 0.29) is 0 Å². The van der Waals surface area contributed by atoms with Gasteiger partial charge in [-0.1, -0.05) is 11.6 Å². The van der Waals surface area contributed by atoms with Crippen LogP contribution in [0.15, 0.2) is 12.1 Å². The van der Waals surface area contributed by atoms with Gasteiger partial charge in [-0.2, -0.15) is 0 Å². The lowest BCUT2D eigenvalue weighted by molar-refractivity contribution is 0.229. The minimum absolute atomic E-state index is 0.551. The molecule has 2 aliphatic rings. The fraction of sp³-hybridized carbons (Fsp3) is 0.643. The molecule has 2 saturated heterocycles. The second-order valence-corrected chi connectivity index (χ2v) is 5.99. The fourth-order valence-electron chi connectivity index (χ4n) is 3.18. The van der Waals surface area contributed by atoms with Crippen LogP contribution >= 0.6 is 11.6 Å². The van der Waals surface area contributed by atoms with E-state index >= 15 is 0 Å². The van der Waals surface area contributed by atoms with Gasteiger partial charge in [0.25, 0.3) is 0 Å². The standard InChI is InChI=1S/C14H21ClN4/c15-12-3-4-14(16)17-13(12)10-18-8-5-11(9-18)19-6-1-2-7-19/h3-4,11H,1-2,5-10H2,(H2,16,17). The molecule has 1 aromatic heterocycles. The lowest BCUT2D eigenvalue weighted by Crippen LogP contribution is -2.35. The van der Waals surface area contributed by atoms with Crippen LogP contribution < -0.4 is 5.73 Å². The highest BCUT2D eigenvalue weighted by atomic mass is 35.5. The van der Waals surface area contributed by atoms with Crippen LogP contribution in [-0.4, -0.2) is 47.0 Å². The van der Waals surface area contributed by atoms with Crippen LogP contribution in [0.2, 0.25) is 5.02 Å². The zero-order chi connectivity index (χ0) is 13.2. The van der Waals surface area contributed by atoms with Crippen LogP contribution in [0.5, 0.6) is 0 Å². The number of nitrogens with zero attached hydrogens (tertiary/aromatic N) is 3. The summed E-state index contributed by atoms with van der Waals surface area (Å²) in [7, 11) is 0. The Morgan fingerprint density at radius 2 is 2.05 bits per heavy atom. The highest BCUT2D eigenvalue weighted by Crippen LogP contribution is 2.23. The van der Waals surface area contributed by atoms with Gasteiger partial charge in [-0.3, -0.25) is 9.80 Å². The second kappa shape index (κ2) is 5.65. The molecule has 1 aromatic rings. The van der Waals surface area contributed by atoms with Gasteiger partial charge >= 0.3 is 0 Å². The molecule has 0 spiro atoms. The van der Waals surface area contributed by atoms with Crippen LogP contribution in [-0.2, 0) is 6.54 Å². The van der Waals surface area contributed by atoms with E-state index in [1.807, 2.05) is 6.07 Å². The number of anilines is 1. The molecule has 1 unspecified atom stereocenters. The summed E-state index contributed by atoms with van der Waals surface area (Å²) in [4.78, 5) is 9.42. The Morgan fingerprint density at radius 3 is 2.84 bits per heavy atom. The first-order valence-electron chi connectivity index (χ1n) is 7.09. The first kappa shape index (κ1) is 13.2. The molecule has 3 heterocycles. The molecule has 2 aliphatic heterocycles. The maximum atomic E-state index is 6.18. The highest BCUT2D eigenvalue weighted by molar-refractivity contribution is 6.31. The second-order valence-electron chi connectivity index (χ2n) is 5.59. The summed E-state index contributed by atoms with van der Waals surface area (Å²) in [6, 6.07) is 4.32. The Kier molecular flexibility index (Phi) is 3.91. The first-order chi connectivity index (χ1) is 9.22. The molecule has 0 bridgehead atoms. The number of nitrogen functional groups attached to an aromatic ring is 1. The molecule has 19 heavy (non-hydrogen) atoms. The molecule has 0 saturated carbocycles. The predicted octanol–water partition coefficient (Wildman–Crippen LogP) is 1.99. The molecular formula is C14H21ClN4. The van der Waals surface area contributed by atoms with Crippen LogP contribution in [0.25, 0.3) is 0 Å². The number of halogens is 1. The topological polar surface area (TPSA) is 45.4 Å². The highest BCUT2D eigenvalue weighted by Gasteiger charge is 2.29. The smallest absolute Gasteiger partial charge is 0.123 e. The normalized spacial score (nSPS) is 25.2. The maximum absolute atomic E-state index is 6.18.